The summed E-state index contributed by atoms with van der Waals surface area (Å²) in [6.07, 6.45) is 6.23. The number of carbonyl (C=O) groups excluding carboxylic acids is 1. The number of nitrogens with zero attached hydrogens (tertiary/aromatic N) is 2. The highest BCUT2D eigenvalue weighted by molar-refractivity contribution is 6.29. The zero-order valence-electron chi connectivity index (χ0n) is 10.1. The Balaban J connectivity index is 1.74. The summed E-state index contributed by atoms with van der Waals surface area (Å²) in [6, 6.07) is 1.56. The van der Waals surface area contributed by atoms with Gasteiger partial charge < -0.3 is 4.74 Å². The van der Waals surface area contributed by atoms with Crippen molar-refractivity contribution in [1.29, 1.82) is 0 Å². The zero-order chi connectivity index (χ0) is 12.8. The summed E-state index contributed by atoms with van der Waals surface area (Å²) < 4.78 is 5.57. The number of ether oxygens (including phenoxy) is 1. The highest BCUT2D eigenvalue weighted by atomic mass is 35.5. The molecule has 2 heterocycles. The average molecular weight is 270 g/mol. The first-order chi connectivity index (χ1) is 8.74. The second-order valence-corrected chi connectivity index (χ2v) is 4.67. The van der Waals surface area contributed by atoms with Gasteiger partial charge in [-0.15, -0.1) is 0 Å². The van der Waals surface area contributed by atoms with Crippen LogP contribution in [0.1, 0.15) is 32.1 Å². The second kappa shape index (κ2) is 6.66. The van der Waals surface area contributed by atoms with E-state index in [4.69, 9.17) is 16.3 Å². The second-order valence-electron chi connectivity index (χ2n) is 4.28. The highest BCUT2D eigenvalue weighted by Gasteiger charge is 2.15. The Bertz CT molecular complexity index is 408. The van der Waals surface area contributed by atoms with Crippen LogP contribution in [0.4, 0.5) is 5.95 Å². The molecule has 0 bridgehead atoms. The normalized spacial score (nSPS) is 19.5. The Hall–Kier alpha value is -1.20. The van der Waals surface area contributed by atoms with Gasteiger partial charge in [0.25, 0.3) is 0 Å². The van der Waals surface area contributed by atoms with Crippen LogP contribution in [0.3, 0.4) is 0 Å². The molecule has 1 unspecified atom stereocenters. The van der Waals surface area contributed by atoms with E-state index in [9.17, 15) is 4.79 Å². The summed E-state index contributed by atoms with van der Waals surface area (Å²) in [5.74, 6) is 0.142. The fourth-order valence-corrected chi connectivity index (χ4v) is 2.05. The van der Waals surface area contributed by atoms with Crippen LogP contribution in [-0.4, -0.2) is 28.6 Å². The lowest BCUT2D eigenvalue weighted by Gasteiger charge is -2.22. The molecule has 5 nitrogen and oxygen atoms in total. The van der Waals surface area contributed by atoms with E-state index in [0.717, 1.165) is 25.9 Å². The van der Waals surface area contributed by atoms with Gasteiger partial charge in [0, 0.05) is 19.2 Å². The molecule has 2 rings (SSSR count). The Morgan fingerprint density at radius 3 is 3.17 bits per heavy atom. The minimum atomic E-state index is -0.105. The first-order valence-electron chi connectivity index (χ1n) is 6.14. The third kappa shape index (κ3) is 4.23. The van der Waals surface area contributed by atoms with Crippen LogP contribution < -0.4 is 5.32 Å². The van der Waals surface area contributed by atoms with Crippen molar-refractivity contribution in [2.45, 2.75) is 38.2 Å². The predicted molar refractivity (Wildman–Crippen MR) is 68.5 cm³/mol. The lowest BCUT2D eigenvalue weighted by Crippen LogP contribution is -2.22. The van der Waals surface area contributed by atoms with Crippen LogP contribution >= 0.6 is 11.6 Å². The molecule has 0 saturated carbocycles. The quantitative estimate of drug-likeness (QED) is 0.853. The first kappa shape index (κ1) is 13.2. The van der Waals surface area contributed by atoms with Gasteiger partial charge in [-0.1, -0.05) is 11.6 Å². The number of nitrogens with one attached hydrogen (secondary N) is 1. The lowest BCUT2D eigenvalue weighted by atomic mass is 10.0. The summed E-state index contributed by atoms with van der Waals surface area (Å²) in [5, 5.41) is 2.94. The van der Waals surface area contributed by atoms with Crippen LogP contribution in [0.5, 0.6) is 0 Å². The number of rotatable bonds is 4. The van der Waals surface area contributed by atoms with Crippen LogP contribution in [0, 0.1) is 0 Å². The molecular weight excluding hydrogens is 254 g/mol. The molecule has 6 heteroatoms. The molecule has 1 N–H and O–H groups in total. The van der Waals surface area contributed by atoms with Crippen LogP contribution in [0.25, 0.3) is 0 Å². The van der Waals surface area contributed by atoms with Crippen molar-refractivity contribution < 1.29 is 9.53 Å². The SMILES string of the molecule is O=C(CCC1CCCCO1)Nc1nccc(Cl)n1. The third-order valence-corrected chi connectivity index (χ3v) is 3.05. The minimum Gasteiger partial charge on any atom is -0.378 e. The molecule has 1 aliphatic rings. The van der Waals surface area contributed by atoms with Gasteiger partial charge in [0.15, 0.2) is 0 Å². The molecular formula is C12H16ClN3O2. The van der Waals surface area contributed by atoms with E-state index in [2.05, 4.69) is 15.3 Å². The monoisotopic (exact) mass is 269 g/mol. The summed E-state index contributed by atoms with van der Waals surface area (Å²) >= 11 is 5.70. The van der Waals surface area contributed by atoms with Crippen molar-refractivity contribution in [3.8, 4) is 0 Å². The van der Waals surface area contributed by atoms with E-state index in [1.807, 2.05) is 0 Å². The van der Waals surface area contributed by atoms with Gasteiger partial charge in [0.05, 0.1) is 6.10 Å². The average Bonchev–Trinajstić information content (AvgIpc) is 2.38. The molecule has 1 aromatic heterocycles. The number of halogens is 1. The van der Waals surface area contributed by atoms with E-state index >= 15 is 0 Å². The number of anilines is 1. The van der Waals surface area contributed by atoms with Crippen molar-refractivity contribution in [3.63, 3.8) is 0 Å². The topological polar surface area (TPSA) is 64.1 Å². The maximum absolute atomic E-state index is 11.7. The van der Waals surface area contributed by atoms with E-state index < -0.39 is 0 Å². The third-order valence-electron chi connectivity index (χ3n) is 2.84. The number of hydrogen-bond donors (Lipinski definition) is 1. The molecule has 1 aliphatic heterocycles. The molecule has 0 aromatic carbocycles. The number of aromatic nitrogens is 2. The number of amides is 1. The van der Waals surface area contributed by atoms with Gasteiger partial charge in [-0.2, -0.15) is 0 Å². The fourth-order valence-electron chi connectivity index (χ4n) is 1.91. The predicted octanol–water partition coefficient (Wildman–Crippen LogP) is 2.42. The van der Waals surface area contributed by atoms with Gasteiger partial charge in [-0.05, 0) is 31.7 Å². The maximum atomic E-state index is 11.7. The van der Waals surface area contributed by atoms with Crippen molar-refractivity contribution in [2.75, 3.05) is 11.9 Å². The zero-order valence-corrected chi connectivity index (χ0v) is 10.8. The highest BCUT2D eigenvalue weighted by Crippen LogP contribution is 2.17. The van der Waals surface area contributed by atoms with Gasteiger partial charge in [0.1, 0.15) is 5.15 Å². The van der Waals surface area contributed by atoms with Crippen LogP contribution in [0.15, 0.2) is 12.3 Å². The van der Waals surface area contributed by atoms with Crippen molar-refractivity contribution >= 4 is 23.5 Å². The Kier molecular flexibility index (Phi) is 4.90. The van der Waals surface area contributed by atoms with Crippen molar-refractivity contribution in [2.24, 2.45) is 0 Å². The fraction of sp³-hybridized carbons (Fsp3) is 0.583. The Morgan fingerprint density at radius 2 is 2.44 bits per heavy atom. The van der Waals surface area contributed by atoms with Crippen molar-refractivity contribution in [3.05, 3.63) is 17.4 Å². The van der Waals surface area contributed by atoms with Crippen LogP contribution in [-0.2, 0) is 9.53 Å². The standard InChI is InChI=1S/C12H16ClN3O2/c13-10-6-7-14-12(15-10)16-11(17)5-4-9-3-1-2-8-18-9/h6-7,9H,1-5,8H2,(H,14,15,16,17). The molecule has 1 fully saturated rings. The molecule has 0 aliphatic carbocycles. The molecule has 1 amide bonds. The van der Waals surface area contributed by atoms with E-state index in [1.165, 1.54) is 12.6 Å². The summed E-state index contributed by atoms with van der Waals surface area (Å²) in [5.41, 5.74) is 0. The van der Waals surface area contributed by atoms with E-state index in [0.29, 0.717) is 11.6 Å². The lowest BCUT2D eigenvalue weighted by molar-refractivity contribution is -0.117. The summed E-state index contributed by atoms with van der Waals surface area (Å²) in [7, 11) is 0. The smallest absolute Gasteiger partial charge is 0.230 e. The molecule has 98 valence electrons. The molecule has 18 heavy (non-hydrogen) atoms. The molecule has 0 radical (unpaired) electrons. The number of hydrogen-bond acceptors (Lipinski definition) is 4. The van der Waals surface area contributed by atoms with E-state index in [-0.39, 0.29) is 18.0 Å². The largest absolute Gasteiger partial charge is 0.378 e. The first-order valence-corrected chi connectivity index (χ1v) is 6.52. The van der Waals surface area contributed by atoms with Gasteiger partial charge >= 0.3 is 0 Å². The van der Waals surface area contributed by atoms with Crippen molar-refractivity contribution in [1.82, 2.24) is 9.97 Å². The van der Waals surface area contributed by atoms with Gasteiger partial charge in [-0.3, -0.25) is 10.1 Å². The molecule has 1 aromatic rings. The minimum absolute atomic E-state index is 0.105. The van der Waals surface area contributed by atoms with Crippen LogP contribution in [0.2, 0.25) is 5.15 Å². The van der Waals surface area contributed by atoms with Gasteiger partial charge in [0.2, 0.25) is 11.9 Å². The maximum Gasteiger partial charge on any atom is 0.230 e. The summed E-state index contributed by atoms with van der Waals surface area (Å²) in [6.45, 7) is 0.809. The molecule has 1 atom stereocenters. The Morgan fingerprint density at radius 1 is 1.56 bits per heavy atom. The Labute approximate surface area is 111 Å². The van der Waals surface area contributed by atoms with E-state index in [1.54, 1.807) is 6.07 Å². The summed E-state index contributed by atoms with van der Waals surface area (Å²) in [4.78, 5) is 19.5. The molecule has 0 spiro atoms. The number of carbonyl (C=O) groups is 1. The van der Waals surface area contributed by atoms with Gasteiger partial charge in [-0.25, -0.2) is 9.97 Å². The molecule has 1 saturated heterocycles.